The molecular formula is C24H25N5O2. The molecule has 0 bridgehead atoms. The van der Waals surface area contributed by atoms with E-state index in [1.165, 1.54) is 21.3 Å². The molecule has 1 amide bonds. The number of unbranched alkanes of at least 4 members (excludes halogenated alkanes) is 2. The number of aromatic nitrogens is 4. The Morgan fingerprint density at radius 2 is 1.81 bits per heavy atom. The Morgan fingerprint density at radius 3 is 2.71 bits per heavy atom. The molecule has 0 radical (unpaired) electrons. The number of amides is 1. The van der Waals surface area contributed by atoms with Crippen molar-refractivity contribution in [3.63, 3.8) is 0 Å². The second-order valence-electron chi connectivity index (χ2n) is 8.14. The van der Waals surface area contributed by atoms with E-state index in [1.807, 2.05) is 29.2 Å². The van der Waals surface area contributed by atoms with Gasteiger partial charge in [-0.25, -0.2) is 4.68 Å². The number of benzene rings is 2. The summed E-state index contributed by atoms with van der Waals surface area (Å²) in [5, 5.41) is 9.96. The van der Waals surface area contributed by atoms with Crippen LogP contribution in [0.4, 0.5) is 0 Å². The number of carbonyl (C=O) groups is 1. The molecule has 0 aliphatic carbocycles. The number of fused-ring (bicyclic) bond motifs is 4. The van der Waals surface area contributed by atoms with Crippen LogP contribution in [-0.4, -0.2) is 37.3 Å². The van der Waals surface area contributed by atoms with Crippen molar-refractivity contribution in [1.29, 1.82) is 0 Å². The first kappa shape index (κ1) is 19.5. The zero-order valence-electron chi connectivity index (χ0n) is 17.4. The van der Waals surface area contributed by atoms with Crippen LogP contribution in [0.3, 0.4) is 0 Å². The van der Waals surface area contributed by atoms with E-state index in [0.717, 1.165) is 37.7 Å². The summed E-state index contributed by atoms with van der Waals surface area (Å²) in [6.07, 6.45) is 3.90. The van der Waals surface area contributed by atoms with Crippen LogP contribution in [-0.2, 0) is 24.3 Å². The maximum absolute atomic E-state index is 12.7. The van der Waals surface area contributed by atoms with Crippen molar-refractivity contribution >= 4 is 27.7 Å². The van der Waals surface area contributed by atoms with Gasteiger partial charge in [0.15, 0.2) is 0 Å². The molecule has 4 aromatic rings. The highest BCUT2D eigenvalue weighted by Gasteiger charge is 2.23. The Balaban J connectivity index is 1.13. The highest BCUT2D eigenvalue weighted by atomic mass is 16.2. The summed E-state index contributed by atoms with van der Waals surface area (Å²) < 4.78 is 1.42. The molecule has 31 heavy (non-hydrogen) atoms. The Kier molecular flexibility index (Phi) is 5.24. The average molecular weight is 415 g/mol. The van der Waals surface area contributed by atoms with E-state index >= 15 is 0 Å². The molecule has 2 aromatic carbocycles. The lowest BCUT2D eigenvalue weighted by Crippen LogP contribution is -2.35. The van der Waals surface area contributed by atoms with Crippen LogP contribution in [0, 0.1) is 0 Å². The fourth-order valence-electron chi connectivity index (χ4n) is 4.42. The molecule has 1 aliphatic rings. The van der Waals surface area contributed by atoms with E-state index in [1.54, 1.807) is 12.1 Å². The molecule has 0 saturated carbocycles. The fraction of sp³-hybridized carbons (Fsp3) is 0.333. The number of para-hydroxylation sites is 1. The summed E-state index contributed by atoms with van der Waals surface area (Å²) in [6.45, 7) is 1.97. The molecule has 1 aliphatic heterocycles. The molecule has 5 rings (SSSR count). The van der Waals surface area contributed by atoms with Crippen molar-refractivity contribution in [2.75, 3.05) is 6.54 Å². The van der Waals surface area contributed by atoms with Gasteiger partial charge in [0.05, 0.1) is 5.39 Å². The summed E-state index contributed by atoms with van der Waals surface area (Å²) in [7, 11) is 0. The predicted molar refractivity (Wildman–Crippen MR) is 120 cm³/mol. The SMILES string of the molecule is O=C(CCCCCn1nnc2ccccc2c1=O)N1CCc2[nH]c3ccccc3c2C1. The Bertz CT molecular complexity index is 1310. The van der Waals surface area contributed by atoms with Gasteiger partial charge >= 0.3 is 0 Å². The van der Waals surface area contributed by atoms with Crippen molar-refractivity contribution in [3.05, 3.63) is 70.1 Å². The van der Waals surface area contributed by atoms with Gasteiger partial charge in [-0.2, -0.15) is 0 Å². The largest absolute Gasteiger partial charge is 0.358 e. The maximum Gasteiger partial charge on any atom is 0.277 e. The third-order valence-corrected chi connectivity index (χ3v) is 6.13. The summed E-state index contributed by atoms with van der Waals surface area (Å²) >= 11 is 0. The molecular weight excluding hydrogens is 390 g/mol. The molecule has 2 aromatic heterocycles. The normalized spacial score (nSPS) is 13.6. The minimum atomic E-state index is -0.107. The van der Waals surface area contributed by atoms with Crippen LogP contribution in [0.2, 0.25) is 0 Å². The van der Waals surface area contributed by atoms with Crippen LogP contribution < -0.4 is 5.56 Å². The summed E-state index contributed by atoms with van der Waals surface area (Å²) in [4.78, 5) is 30.7. The summed E-state index contributed by atoms with van der Waals surface area (Å²) in [6, 6.07) is 15.5. The molecule has 0 saturated heterocycles. The first-order valence-corrected chi connectivity index (χ1v) is 10.9. The first-order chi connectivity index (χ1) is 15.2. The summed E-state index contributed by atoms with van der Waals surface area (Å²) in [5.74, 6) is 0.207. The third kappa shape index (κ3) is 3.83. The second kappa shape index (κ2) is 8.34. The lowest BCUT2D eigenvalue weighted by atomic mass is 10.0. The van der Waals surface area contributed by atoms with Crippen LogP contribution in [0.25, 0.3) is 21.8 Å². The minimum Gasteiger partial charge on any atom is -0.358 e. The molecule has 1 N–H and O–H groups in total. The number of aromatic amines is 1. The Labute approximate surface area is 179 Å². The predicted octanol–water partition coefficient (Wildman–Crippen LogP) is 3.42. The number of aryl methyl sites for hydroxylation is 1. The smallest absolute Gasteiger partial charge is 0.277 e. The van der Waals surface area contributed by atoms with Crippen LogP contribution in [0.1, 0.15) is 36.9 Å². The van der Waals surface area contributed by atoms with Gasteiger partial charge < -0.3 is 9.88 Å². The number of hydrogen-bond donors (Lipinski definition) is 1. The fourth-order valence-corrected chi connectivity index (χ4v) is 4.42. The van der Waals surface area contributed by atoms with Gasteiger partial charge in [-0.1, -0.05) is 42.0 Å². The molecule has 0 fully saturated rings. The molecule has 0 spiro atoms. The van der Waals surface area contributed by atoms with Gasteiger partial charge in [0, 0.05) is 54.6 Å². The van der Waals surface area contributed by atoms with Gasteiger partial charge in [0.25, 0.3) is 5.56 Å². The number of H-pyrrole nitrogens is 1. The molecule has 7 nitrogen and oxygen atoms in total. The van der Waals surface area contributed by atoms with E-state index in [0.29, 0.717) is 30.4 Å². The molecule has 0 atom stereocenters. The molecule has 0 unspecified atom stereocenters. The van der Waals surface area contributed by atoms with Crippen LogP contribution >= 0.6 is 0 Å². The van der Waals surface area contributed by atoms with Gasteiger partial charge in [-0.05, 0) is 31.0 Å². The van der Waals surface area contributed by atoms with Gasteiger partial charge in [0.2, 0.25) is 5.91 Å². The van der Waals surface area contributed by atoms with Crippen molar-refractivity contribution in [2.24, 2.45) is 0 Å². The number of nitrogens with zero attached hydrogens (tertiary/aromatic N) is 4. The van der Waals surface area contributed by atoms with Crippen LogP contribution in [0.5, 0.6) is 0 Å². The molecule has 7 heteroatoms. The minimum absolute atomic E-state index is 0.107. The van der Waals surface area contributed by atoms with Crippen molar-refractivity contribution in [2.45, 2.75) is 45.2 Å². The highest BCUT2D eigenvalue weighted by Crippen LogP contribution is 2.28. The number of rotatable bonds is 6. The first-order valence-electron chi connectivity index (χ1n) is 10.9. The average Bonchev–Trinajstić information content (AvgIpc) is 3.18. The number of nitrogens with one attached hydrogen (secondary N) is 1. The maximum atomic E-state index is 12.7. The van der Waals surface area contributed by atoms with Gasteiger partial charge in [-0.3, -0.25) is 9.59 Å². The standard InChI is InChI=1S/C24H25N5O2/c30-23(28-15-13-21-19(16-28)17-8-3-5-10-20(17)25-21)12-2-1-7-14-29-24(31)18-9-4-6-11-22(18)26-27-29/h3-6,8-11,25H,1-2,7,12-16H2. The number of carbonyl (C=O) groups excluding carboxylic acids is 1. The van der Waals surface area contributed by atoms with E-state index < -0.39 is 0 Å². The summed E-state index contributed by atoms with van der Waals surface area (Å²) in [5.41, 5.74) is 4.17. The lowest BCUT2D eigenvalue weighted by molar-refractivity contribution is -0.132. The zero-order valence-corrected chi connectivity index (χ0v) is 17.4. The lowest BCUT2D eigenvalue weighted by Gasteiger charge is -2.27. The molecule has 158 valence electrons. The van der Waals surface area contributed by atoms with Crippen molar-refractivity contribution < 1.29 is 4.79 Å². The van der Waals surface area contributed by atoms with E-state index in [-0.39, 0.29) is 11.5 Å². The second-order valence-corrected chi connectivity index (χ2v) is 8.14. The van der Waals surface area contributed by atoms with E-state index in [4.69, 9.17) is 0 Å². The quantitative estimate of drug-likeness (QED) is 0.489. The topological polar surface area (TPSA) is 83.9 Å². The van der Waals surface area contributed by atoms with Gasteiger partial charge in [0.1, 0.15) is 5.52 Å². The zero-order chi connectivity index (χ0) is 21.2. The van der Waals surface area contributed by atoms with Gasteiger partial charge in [-0.15, -0.1) is 5.10 Å². The Hall–Kier alpha value is -3.48. The van der Waals surface area contributed by atoms with Crippen LogP contribution in [0.15, 0.2) is 53.3 Å². The Morgan fingerprint density at radius 1 is 1.00 bits per heavy atom. The van der Waals surface area contributed by atoms with Crippen molar-refractivity contribution in [1.82, 2.24) is 24.9 Å². The third-order valence-electron chi connectivity index (χ3n) is 6.13. The monoisotopic (exact) mass is 415 g/mol. The number of hydrogen-bond acceptors (Lipinski definition) is 4. The highest BCUT2D eigenvalue weighted by molar-refractivity contribution is 5.86. The van der Waals surface area contributed by atoms with E-state index in [2.05, 4.69) is 27.4 Å². The molecule has 3 heterocycles. The van der Waals surface area contributed by atoms with E-state index in [9.17, 15) is 9.59 Å². The van der Waals surface area contributed by atoms with Crippen molar-refractivity contribution in [3.8, 4) is 0 Å².